The number of pyridine rings is 1. The average molecular weight is 276 g/mol. The molecule has 0 amide bonds. The van der Waals surface area contributed by atoms with E-state index in [1.165, 1.54) is 12.0 Å². The third kappa shape index (κ3) is 2.76. The molecule has 0 bridgehead atoms. The van der Waals surface area contributed by atoms with Crippen LogP contribution in [0.25, 0.3) is 0 Å². The lowest BCUT2D eigenvalue weighted by molar-refractivity contribution is 0.646. The largest absolute Gasteiger partial charge is 0.368 e. The molecule has 6 heteroatoms. The number of hydrogen-bond donors (Lipinski definition) is 0. The smallest absolute Gasteiger partial charge is 0.134 e. The second-order valence-corrected chi connectivity index (χ2v) is 4.77. The molecule has 1 aliphatic rings. The first-order valence-electron chi connectivity index (χ1n) is 6.20. The number of halogens is 1. The number of nitrogens with zero attached hydrogens (tertiary/aromatic N) is 5. The van der Waals surface area contributed by atoms with Crippen LogP contribution in [0.15, 0.2) is 36.9 Å². The number of anilines is 2. The predicted molar refractivity (Wildman–Crippen MR) is 75.7 cm³/mol. The van der Waals surface area contributed by atoms with E-state index in [-0.39, 0.29) is 0 Å². The predicted octanol–water partition coefficient (Wildman–Crippen LogP) is 1.85. The van der Waals surface area contributed by atoms with Crippen LogP contribution in [-0.4, -0.2) is 41.1 Å². The molecule has 1 fully saturated rings. The highest BCUT2D eigenvalue weighted by Crippen LogP contribution is 2.19. The topological polar surface area (TPSA) is 45.2 Å². The molecule has 3 heterocycles. The summed E-state index contributed by atoms with van der Waals surface area (Å²) in [6, 6.07) is 5.89. The number of piperazine rings is 1. The molecule has 0 saturated carbocycles. The molecule has 0 aliphatic carbocycles. The Bertz CT molecular complexity index is 540. The second-order valence-electron chi connectivity index (χ2n) is 4.38. The lowest BCUT2D eigenvalue weighted by Crippen LogP contribution is -2.46. The van der Waals surface area contributed by atoms with Gasteiger partial charge in [-0.25, -0.2) is 9.97 Å². The molecule has 0 radical (unpaired) electrons. The Morgan fingerprint density at radius 3 is 2.32 bits per heavy atom. The van der Waals surface area contributed by atoms with Crippen LogP contribution in [0.1, 0.15) is 0 Å². The Morgan fingerprint density at radius 1 is 0.947 bits per heavy atom. The van der Waals surface area contributed by atoms with E-state index in [2.05, 4.69) is 24.8 Å². The maximum absolute atomic E-state index is 5.89. The molecule has 0 spiro atoms. The van der Waals surface area contributed by atoms with Crippen LogP contribution >= 0.6 is 11.6 Å². The van der Waals surface area contributed by atoms with Gasteiger partial charge in [-0.15, -0.1) is 0 Å². The summed E-state index contributed by atoms with van der Waals surface area (Å²) >= 11 is 5.89. The molecule has 5 nitrogen and oxygen atoms in total. The van der Waals surface area contributed by atoms with Gasteiger partial charge in [0, 0.05) is 50.3 Å². The van der Waals surface area contributed by atoms with Gasteiger partial charge in [-0.2, -0.15) is 0 Å². The van der Waals surface area contributed by atoms with Gasteiger partial charge in [-0.3, -0.25) is 4.98 Å². The average Bonchev–Trinajstić information content (AvgIpc) is 2.48. The molecule has 0 aromatic carbocycles. The van der Waals surface area contributed by atoms with E-state index in [4.69, 9.17) is 11.6 Å². The molecule has 2 aromatic heterocycles. The summed E-state index contributed by atoms with van der Waals surface area (Å²) < 4.78 is 0. The monoisotopic (exact) mass is 275 g/mol. The summed E-state index contributed by atoms with van der Waals surface area (Å²) in [5.74, 6) is 0.898. The summed E-state index contributed by atoms with van der Waals surface area (Å²) in [5, 5.41) is 0.488. The fourth-order valence-electron chi connectivity index (χ4n) is 2.25. The summed E-state index contributed by atoms with van der Waals surface area (Å²) in [6.45, 7) is 3.78. The lowest BCUT2D eigenvalue weighted by atomic mass is 10.2. The SMILES string of the molecule is Clc1cc(N2CCN(c3ccncc3)CC2)ncn1. The Morgan fingerprint density at radius 2 is 1.63 bits per heavy atom. The number of rotatable bonds is 2. The van der Waals surface area contributed by atoms with Crippen molar-refractivity contribution in [1.82, 2.24) is 15.0 Å². The van der Waals surface area contributed by atoms with Crippen molar-refractivity contribution in [1.29, 1.82) is 0 Å². The first-order chi connectivity index (χ1) is 9.33. The Balaban J connectivity index is 1.67. The van der Waals surface area contributed by atoms with Gasteiger partial charge in [-0.05, 0) is 12.1 Å². The van der Waals surface area contributed by atoms with Crippen LogP contribution in [0.2, 0.25) is 5.15 Å². The zero-order valence-corrected chi connectivity index (χ0v) is 11.2. The van der Waals surface area contributed by atoms with Gasteiger partial charge in [0.2, 0.25) is 0 Å². The molecule has 1 saturated heterocycles. The van der Waals surface area contributed by atoms with Crippen molar-refractivity contribution in [2.45, 2.75) is 0 Å². The minimum Gasteiger partial charge on any atom is -0.368 e. The minimum absolute atomic E-state index is 0.488. The normalized spacial score (nSPS) is 15.6. The maximum atomic E-state index is 5.89. The third-order valence-electron chi connectivity index (χ3n) is 3.25. The van der Waals surface area contributed by atoms with Crippen molar-refractivity contribution < 1.29 is 0 Å². The highest BCUT2D eigenvalue weighted by atomic mass is 35.5. The molecular weight excluding hydrogens is 262 g/mol. The standard InChI is InChI=1S/C13H14ClN5/c14-12-9-13(17-10-16-12)19-7-5-18(6-8-19)11-1-3-15-4-2-11/h1-4,9-10H,5-8H2. The van der Waals surface area contributed by atoms with Gasteiger partial charge in [0.1, 0.15) is 17.3 Å². The zero-order valence-electron chi connectivity index (χ0n) is 10.4. The fourth-order valence-corrected chi connectivity index (χ4v) is 2.39. The van der Waals surface area contributed by atoms with Crippen LogP contribution < -0.4 is 9.80 Å². The molecule has 3 rings (SSSR count). The van der Waals surface area contributed by atoms with Crippen molar-refractivity contribution >= 4 is 23.1 Å². The summed E-state index contributed by atoms with van der Waals surface area (Å²) in [6.07, 6.45) is 5.16. The van der Waals surface area contributed by atoms with E-state index >= 15 is 0 Å². The van der Waals surface area contributed by atoms with E-state index in [1.54, 1.807) is 0 Å². The van der Waals surface area contributed by atoms with Crippen LogP contribution in [0.3, 0.4) is 0 Å². The van der Waals surface area contributed by atoms with Gasteiger partial charge >= 0.3 is 0 Å². The van der Waals surface area contributed by atoms with Gasteiger partial charge in [0.05, 0.1) is 0 Å². The summed E-state index contributed by atoms with van der Waals surface area (Å²) in [5.41, 5.74) is 1.22. The number of aromatic nitrogens is 3. The Kier molecular flexibility index (Phi) is 3.46. The van der Waals surface area contributed by atoms with E-state index in [0.717, 1.165) is 32.0 Å². The zero-order chi connectivity index (χ0) is 13.1. The van der Waals surface area contributed by atoms with Gasteiger partial charge in [-0.1, -0.05) is 11.6 Å². The van der Waals surface area contributed by atoms with Crippen LogP contribution in [0.5, 0.6) is 0 Å². The minimum atomic E-state index is 0.488. The van der Waals surface area contributed by atoms with E-state index < -0.39 is 0 Å². The Hall–Kier alpha value is -1.88. The molecule has 0 N–H and O–H groups in total. The van der Waals surface area contributed by atoms with Crippen molar-refractivity contribution in [3.8, 4) is 0 Å². The van der Waals surface area contributed by atoms with Crippen LogP contribution in [0, 0.1) is 0 Å². The summed E-state index contributed by atoms with van der Waals surface area (Å²) in [7, 11) is 0. The van der Waals surface area contributed by atoms with E-state index in [9.17, 15) is 0 Å². The second kappa shape index (κ2) is 5.40. The maximum Gasteiger partial charge on any atom is 0.134 e. The van der Waals surface area contributed by atoms with Crippen molar-refractivity contribution in [3.05, 3.63) is 42.1 Å². The first kappa shape index (κ1) is 12.2. The quantitative estimate of drug-likeness (QED) is 0.783. The highest BCUT2D eigenvalue weighted by molar-refractivity contribution is 6.29. The van der Waals surface area contributed by atoms with Gasteiger partial charge in [0.15, 0.2) is 0 Å². The van der Waals surface area contributed by atoms with Crippen LogP contribution in [0.4, 0.5) is 11.5 Å². The molecule has 19 heavy (non-hydrogen) atoms. The molecule has 1 aliphatic heterocycles. The van der Waals surface area contributed by atoms with Crippen LogP contribution in [-0.2, 0) is 0 Å². The van der Waals surface area contributed by atoms with E-state index in [1.807, 2.05) is 30.6 Å². The fraction of sp³-hybridized carbons (Fsp3) is 0.308. The highest BCUT2D eigenvalue weighted by Gasteiger charge is 2.18. The molecule has 98 valence electrons. The molecule has 2 aromatic rings. The molecule has 0 unspecified atom stereocenters. The van der Waals surface area contributed by atoms with Crippen molar-refractivity contribution in [3.63, 3.8) is 0 Å². The van der Waals surface area contributed by atoms with Gasteiger partial charge < -0.3 is 9.80 Å². The third-order valence-corrected chi connectivity index (χ3v) is 3.46. The van der Waals surface area contributed by atoms with E-state index in [0.29, 0.717) is 5.15 Å². The van der Waals surface area contributed by atoms with Crippen molar-refractivity contribution in [2.24, 2.45) is 0 Å². The van der Waals surface area contributed by atoms with Crippen molar-refractivity contribution in [2.75, 3.05) is 36.0 Å². The Labute approximate surface area is 116 Å². The summed E-state index contributed by atoms with van der Waals surface area (Å²) in [4.78, 5) is 16.8. The molecule has 0 atom stereocenters. The number of hydrogen-bond acceptors (Lipinski definition) is 5. The molecular formula is C13H14ClN5. The lowest BCUT2D eigenvalue weighted by Gasteiger charge is -2.36. The van der Waals surface area contributed by atoms with Gasteiger partial charge in [0.25, 0.3) is 0 Å². The first-order valence-corrected chi connectivity index (χ1v) is 6.58.